The minimum absolute atomic E-state index is 0.381. The molecule has 94 valence electrons. The molecule has 5 heteroatoms. The van der Waals surface area contributed by atoms with Crippen LogP contribution in [-0.4, -0.2) is 16.6 Å². The molecule has 18 heavy (non-hydrogen) atoms. The first kappa shape index (κ1) is 12.2. The normalized spacial score (nSPS) is 10.3. The van der Waals surface area contributed by atoms with Gasteiger partial charge in [-0.2, -0.15) is 0 Å². The van der Waals surface area contributed by atoms with Crippen LogP contribution in [0.15, 0.2) is 46.0 Å². The van der Waals surface area contributed by atoms with Crippen LogP contribution < -0.4 is 16.1 Å². The highest BCUT2D eigenvalue weighted by molar-refractivity contribution is 5.38. The van der Waals surface area contributed by atoms with Gasteiger partial charge >= 0.3 is 5.69 Å². The number of hydrogen-bond donors (Lipinski definition) is 1. The summed E-state index contributed by atoms with van der Waals surface area (Å²) in [6, 6.07) is 11.3. The maximum Gasteiger partial charge on any atom is 0.329 e. The lowest BCUT2D eigenvalue weighted by atomic mass is 10.2. The summed E-state index contributed by atoms with van der Waals surface area (Å²) in [4.78, 5) is 26.9. The molecule has 0 radical (unpaired) electrons. The van der Waals surface area contributed by atoms with Gasteiger partial charge in [-0.15, -0.1) is 0 Å². The van der Waals surface area contributed by atoms with E-state index in [2.05, 4.69) is 4.98 Å². The van der Waals surface area contributed by atoms with Crippen molar-refractivity contribution < 1.29 is 0 Å². The van der Waals surface area contributed by atoms with Gasteiger partial charge in [-0.25, -0.2) is 4.79 Å². The molecule has 0 amide bonds. The first-order chi connectivity index (χ1) is 8.58. The number of hydrogen-bond acceptors (Lipinski definition) is 3. The summed E-state index contributed by atoms with van der Waals surface area (Å²) in [6.45, 7) is 0.636. The Morgan fingerprint density at radius 1 is 1.22 bits per heavy atom. The van der Waals surface area contributed by atoms with Gasteiger partial charge in [-0.3, -0.25) is 14.3 Å². The lowest BCUT2D eigenvalue weighted by Gasteiger charge is -2.21. The van der Waals surface area contributed by atoms with Gasteiger partial charge in [0, 0.05) is 26.7 Å². The van der Waals surface area contributed by atoms with Gasteiger partial charge in [0.1, 0.15) is 5.82 Å². The summed E-state index contributed by atoms with van der Waals surface area (Å²) >= 11 is 0. The van der Waals surface area contributed by atoms with Crippen molar-refractivity contribution in [2.24, 2.45) is 7.05 Å². The molecule has 0 spiro atoms. The van der Waals surface area contributed by atoms with E-state index in [-0.39, 0.29) is 5.56 Å². The smallest absolute Gasteiger partial charge is 0.329 e. The molecule has 2 rings (SSSR count). The van der Waals surface area contributed by atoms with E-state index in [1.165, 1.54) is 10.6 Å². The molecular weight excluding hydrogens is 230 g/mol. The molecule has 1 heterocycles. The Morgan fingerprint density at radius 3 is 2.56 bits per heavy atom. The van der Waals surface area contributed by atoms with Gasteiger partial charge in [0.05, 0.1) is 0 Å². The molecular formula is C13H15N3O2. The molecule has 1 N–H and O–H groups in total. The van der Waals surface area contributed by atoms with E-state index in [4.69, 9.17) is 0 Å². The Kier molecular flexibility index (Phi) is 3.32. The SMILES string of the molecule is CN(Cc1ccccc1)c1cc(=O)[nH]c(=O)n1C. The Morgan fingerprint density at radius 2 is 1.89 bits per heavy atom. The highest BCUT2D eigenvalue weighted by atomic mass is 16.2. The number of aromatic nitrogens is 2. The van der Waals surface area contributed by atoms with E-state index in [0.717, 1.165) is 5.56 Å². The van der Waals surface area contributed by atoms with E-state index < -0.39 is 5.69 Å². The number of nitrogens with zero attached hydrogens (tertiary/aromatic N) is 2. The van der Waals surface area contributed by atoms with Gasteiger partial charge in [0.2, 0.25) is 0 Å². The summed E-state index contributed by atoms with van der Waals surface area (Å²) < 4.78 is 1.42. The van der Waals surface area contributed by atoms with Crippen molar-refractivity contribution in [1.82, 2.24) is 9.55 Å². The third kappa shape index (κ3) is 2.51. The van der Waals surface area contributed by atoms with Gasteiger partial charge in [-0.1, -0.05) is 30.3 Å². The largest absolute Gasteiger partial charge is 0.356 e. The van der Waals surface area contributed by atoms with Crippen molar-refractivity contribution in [2.45, 2.75) is 6.54 Å². The number of H-pyrrole nitrogens is 1. The van der Waals surface area contributed by atoms with Crippen LogP contribution in [0.3, 0.4) is 0 Å². The highest BCUT2D eigenvalue weighted by Crippen LogP contribution is 2.10. The van der Waals surface area contributed by atoms with Crippen LogP contribution in [0.1, 0.15) is 5.56 Å². The molecule has 0 aliphatic carbocycles. The molecule has 0 saturated heterocycles. The maximum absolute atomic E-state index is 11.5. The summed E-state index contributed by atoms with van der Waals surface area (Å²) in [5.41, 5.74) is 0.332. The van der Waals surface area contributed by atoms with E-state index >= 15 is 0 Å². The summed E-state index contributed by atoms with van der Waals surface area (Å²) in [6.07, 6.45) is 0. The van der Waals surface area contributed by atoms with Gasteiger partial charge < -0.3 is 4.90 Å². The quantitative estimate of drug-likeness (QED) is 0.866. The van der Waals surface area contributed by atoms with E-state index in [1.54, 1.807) is 7.05 Å². The molecule has 0 fully saturated rings. The number of benzene rings is 1. The number of aromatic amines is 1. The number of nitrogens with one attached hydrogen (secondary N) is 1. The minimum atomic E-state index is -0.405. The van der Waals surface area contributed by atoms with Crippen LogP contribution in [0.5, 0.6) is 0 Å². The zero-order valence-electron chi connectivity index (χ0n) is 10.4. The fourth-order valence-electron chi connectivity index (χ4n) is 1.85. The van der Waals surface area contributed by atoms with Crippen molar-refractivity contribution in [1.29, 1.82) is 0 Å². The van der Waals surface area contributed by atoms with Gasteiger partial charge in [0.15, 0.2) is 0 Å². The molecule has 1 aromatic heterocycles. The molecule has 5 nitrogen and oxygen atoms in total. The van der Waals surface area contributed by atoms with Crippen LogP contribution in [0.2, 0.25) is 0 Å². The molecule has 2 aromatic rings. The van der Waals surface area contributed by atoms with Crippen LogP contribution in [0, 0.1) is 0 Å². The minimum Gasteiger partial charge on any atom is -0.356 e. The lowest BCUT2D eigenvalue weighted by Crippen LogP contribution is -2.33. The predicted molar refractivity (Wildman–Crippen MR) is 70.9 cm³/mol. The van der Waals surface area contributed by atoms with Crippen LogP contribution >= 0.6 is 0 Å². The Hall–Kier alpha value is -2.30. The second kappa shape index (κ2) is 4.91. The number of rotatable bonds is 3. The Balaban J connectivity index is 2.32. The zero-order valence-corrected chi connectivity index (χ0v) is 10.4. The average Bonchev–Trinajstić information content (AvgIpc) is 2.35. The molecule has 0 aliphatic rings. The topological polar surface area (TPSA) is 58.1 Å². The van der Waals surface area contributed by atoms with Crippen LogP contribution in [0.25, 0.3) is 0 Å². The van der Waals surface area contributed by atoms with E-state index in [0.29, 0.717) is 12.4 Å². The molecule has 0 aliphatic heterocycles. The van der Waals surface area contributed by atoms with Crippen molar-refractivity contribution >= 4 is 5.82 Å². The van der Waals surface area contributed by atoms with Crippen molar-refractivity contribution in [2.75, 3.05) is 11.9 Å². The zero-order chi connectivity index (χ0) is 13.1. The molecule has 1 aromatic carbocycles. The predicted octanol–water partition coefficient (Wildman–Crippen LogP) is 0.710. The first-order valence-corrected chi connectivity index (χ1v) is 5.63. The third-order valence-corrected chi connectivity index (χ3v) is 2.79. The van der Waals surface area contributed by atoms with Crippen LogP contribution in [-0.2, 0) is 13.6 Å². The standard InChI is InChI=1S/C13H15N3O2/c1-15(9-10-6-4-3-5-7-10)12-8-11(17)14-13(18)16(12)2/h3-8H,9H2,1-2H3,(H,14,17,18). The molecule has 0 bridgehead atoms. The van der Waals surface area contributed by atoms with Gasteiger partial charge in [-0.05, 0) is 5.56 Å². The highest BCUT2D eigenvalue weighted by Gasteiger charge is 2.07. The molecule has 0 atom stereocenters. The Labute approximate surface area is 104 Å². The Bertz CT molecular complexity index is 643. The maximum atomic E-state index is 11.5. The second-order valence-electron chi connectivity index (χ2n) is 4.20. The van der Waals surface area contributed by atoms with E-state index in [9.17, 15) is 9.59 Å². The third-order valence-electron chi connectivity index (χ3n) is 2.79. The lowest BCUT2D eigenvalue weighted by molar-refractivity contribution is 0.752. The summed E-state index contributed by atoms with van der Waals surface area (Å²) in [7, 11) is 3.48. The van der Waals surface area contributed by atoms with Crippen molar-refractivity contribution in [3.05, 3.63) is 62.8 Å². The summed E-state index contributed by atoms with van der Waals surface area (Å²) in [5, 5.41) is 0. The molecule has 0 unspecified atom stereocenters. The molecule has 0 saturated carbocycles. The summed E-state index contributed by atoms with van der Waals surface area (Å²) in [5.74, 6) is 0.590. The first-order valence-electron chi connectivity index (χ1n) is 5.63. The van der Waals surface area contributed by atoms with Crippen molar-refractivity contribution in [3.8, 4) is 0 Å². The van der Waals surface area contributed by atoms with Crippen LogP contribution in [0.4, 0.5) is 5.82 Å². The average molecular weight is 245 g/mol. The number of anilines is 1. The van der Waals surface area contributed by atoms with E-state index in [1.807, 2.05) is 42.3 Å². The monoisotopic (exact) mass is 245 g/mol. The second-order valence-corrected chi connectivity index (χ2v) is 4.20. The fourth-order valence-corrected chi connectivity index (χ4v) is 1.85. The van der Waals surface area contributed by atoms with Gasteiger partial charge in [0.25, 0.3) is 5.56 Å². The van der Waals surface area contributed by atoms with Crippen molar-refractivity contribution in [3.63, 3.8) is 0 Å². The fraction of sp³-hybridized carbons (Fsp3) is 0.231.